The summed E-state index contributed by atoms with van der Waals surface area (Å²) in [5.74, 6) is 6.21. The van der Waals surface area contributed by atoms with Crippen molar-refractivity contribution in [1.82, 2.24) is 14.5 Å². The third kappa shape index (κ3) is 5.43. The van der Waals surface area contributed by atoms with Gasteiger partial charge in [0, 0.05) is 49.0 Å². The van der Waals surface area contributed by atoms with Crippen molar-refractivity contribution in [1.29, 1.82) is 5.26 Å². The van der Waals surface area contributed by atoms with E-state index < -0.39 is 0 Å². The van der Waals surface area contributed by atoms with Crippen molar-refractivity contribution in [3.8, 4) is 17.9 Å². The second-order valence-corrected chi connectivity index (χ2v) is 8.43. The topological polar surface area (TPSA) is 65.2 Å². The van der Waals surface area contributed by atoms with Crippen LogP contribution in [0.2, 0.25) is 5.02 Å². The van der Waals surface area contributed by atoms with Crippen LogP contribution < -0.4 is 4.90 Å². The number of carbonyl (C=O) groups excluding carboxylic acids is 1. The summed E-state index contributed by atoms with van der Waals surface area (Å²) in [6.07, 6.45) is 4.32. The molecule has 1 aliphatic heterocycles. The number of rotatable bonds is 6. The van der Waals surface area contributed by atoms with E-state index in [1.54, 1.807) is 17.3 Å². The molecule has 0 bridgehead atoms. The molecule has 1 aliphatic rings. The first-order chi connectivity index (χ1) is 16.1. The molecule has 0 aliphatic carbocycles. The molecule has 1 atom stereocenters. The lowest BCUT2D eigenvalue weighted by Gasteiger charge is -2.40. The molecule has 0 radical (unpaired) electrons. The van der Waals surface area contributed by atoms with E-state index in [0.29, 0.717) is 43.2 Å². The van der Waals surface area contributed by atoms with E-state index >= 15 is 0 Å². The zero-order chi connectivity index (χ0) is 23.2. The predicted octanol–water partition coefficient (Wildman–Crippen LogP) is 4.09. The van der Waals surface area contributed by atoms with Gasteiger partial charge in [0.1, 0.15) is 0 Å². The molecule has 33 heavy (non-hydrogen) atoms. The number of imidazole rings is 1. The number of hydrogen-bond donors (Lipinski definition) is 0. The van der Waals surface area contributed by atoms with E-state index in [-0.39, 0.29) is 11.9 Å². The van der Waals surface area contributed by atoms with Crippen LogP contribution >= 0.6 is 11.6 Å². The Hall–Kier alpha value is -3.58. The Bertz CT molecular complexity index is 1230. The average Bonchev–Trinajstić information content (AvgIpc) is 3.25. The molecule has 6 nitrogen and oxygen atoms in total. The third-order valence-corrected chi connectivity index (χ3v) is 6.02. The van der Waals surface area contributed by atoms with Gasteiger partial charge in [0.25, 0.3) is 0 Å². The number of nitriles is 1. The minimum Gasteiger partial charge on any atom is -0.329 e. The molecular formula is C26H24ClN5O. The van der Waals surface area contributed by atoms with Crippen LogP contribution in [0.3, 0.4) is 0 Å². The van der Waals surface area contributed by atoms with E-state index in [2.05, 4.69) is 32.4 Å². The molecule has 0 N–H and O–H groups in total. The van der Waals surface area contributed by atoms with Crippen LogP contribution in [0.1, 0.15) is 30.2 Å². The van der Waals surface area contributed by atoms with Crippen LogP contribution in [0, 0.1) is 23.2 Å². The van der Waals surface area contributed by atoms with Crippen molar-refractivity contribution in [3.63, 3.8) is 0 Å². The van der Waals surface area contributed by atoms with Crippen molar-refractivity contribution >= 4 is 23.2 Å². The first-order valence-electron chi connectivity index (χ1n) is 10.7. The summed E-state index contributed by atoms with van der Waals surface area (Å²) in [5.41, 5.74) is 3.56. The normalized spacial score (nSPS) is 16.2. The Labute approximate surface area is 199 Å². The van der Waals surface area contributed by atoms with Gasteiger partial charge < -0.3 is 9.47 Å². The number of carbonyl (C=O) groups is 1. The Balaban J connectivity index is 1.52. The van der Waals surface area contributed by atoms with E-state index in [9.17, 15) is 4.79 Å². The molecule has 3 aromatic rings. The van der Waals surface area contributed by atoms with Crippen molar-refractivity contribution in [2.24, 2.45) is 0 Å². The number of halogens is 1. The van der Waals surface area contributed by atoms with Crippen LogP contribution in [0.15, 0.2) is 61.1 Å². The minimum absolute atomic E-state index is 0.0381. The van der Waals surface area contributed by atoms with Gasteiger partial charge in [-0.05, 0) is 42.8 Å². The molecule has 7 heteroatoms. The second kappa shape index (κ2) is 10.4. The maximum Gasteiger partial charge on any atom is 0.241 e. The molecule has 0 saturated carbocycles. The van der Waals surface area contributed by atoms with Gasteiger partial charge in [-0.2, -0.15) is 5.26 Å². The molecular weight excluding hydrogens is 434 g/mol. The zero-order valence-electron chi connectivity index (χ0n) is 18.4. The summed E-state index contributed by atoms with van der Waals surface area (Å²) in [4.78, 5) is 21.4. The molecule has 166 valence electrons. The van der Waals surface area contributed by atoms with Gasteiger partial charge in [0.15, 0.2) is 0 Å². The number of anilines is 1. The lowest BCUT2D eigenvalue weighted by atomic mass is 10.1. The number of piperazine rings is 1. The van der Waals surface area contributed by atoms with E-state index in [1.807, 2.05) is 55.6 Å². The molecule has 1 unspecified atom stereocenters. The SMILES string of the molecule is CC#CCC1CN(c2cccc(Cl)c2)C(=O)CN1Cc1cncn1Cc1ccc(C#N)cc1. The summed E-state index contributed by atoms with van der Waals surface area (Å²) in [7, 11) is 0. The van der Waals surface area contributed by atoms with Gasteiger partial charge in [-0.15, -0.1) is 11.8 Å². The standard InChI is InChI=1S/C26H24ClN5O/c1-2-3-6-24-17-32(23-7-4-5-22(27)12-23)26(33)18-30(24)16-25-14-29-19-31(25)15-21-10-8-20(13-28)9-11-21/h4-5,7-12,14,19,24H,6,15-18H2,1H3. The average molecular weight is 458 g/mol. The highest BCUT2D eigenvalue weighted by atomic mass is 35.5. The fourth-order valence-electron chi connectivity index (χ4n) is 4.02. The quantitative estimate of drug-likeness (QED) is 0.523. The number of amides is 1. The monoisotopic (exact) mass is 457 g/mol. The summed E-state index contributed by atoms with van der Waals surface area (Å²) < 4.78 is 2.08. The van der Waals surface area contributed by atoms with Crippen molar-refractivity contribution in [3.05, 3.63) is 82.9 Å². The van der Waals surface area contributed by atoms with Gasteiger partial charge in [0.05, 0.1) is 30.2 Å². The van der Waals surface area contributed by atoms with E-state index in [1.165, 1.54) is 0 Å². The highest BCUT2D eigenvalue weighted by molar-refractivity contribution is 6.30. The zero-order valence-corrected chi connectivity index (χ0v) is 19.2. The maximum absolute atomic E-state index is 13.1. The van der Waals surface area contributed by atoms with Crippen LogP contribution in [0.4, 0.5) is 5.69 Å². The number of nitrogens with zero attached hydrogens (tertiary/aromatic N) is 5. The van der Waals surface area contributed by atoms with Crippen LogP contribution in [-0.4, -0.2) is 39.5 Å². The maximum atomic E-state index is 13.1. The van der Waals surface area contributed by atoms with Crippen LogP contribution in [0.5, 0.6) is 0 Å². The van der Waals surface area contributed by atoms with Gasteiger partial charge in [-0.3, -0.25) is 9.69 Å². The van der Waals surface area contributed by atoms with Crippen LogP contribution in [0.25, 0.3) is 0 Å². The van der Waals surface area contributed by atoms with Gasteiger partial charge in [-0.1, -0.05) is 29.8 Å². The fourth-order valence-corrected chi connectivity index (χ4v) is 4.20. The first kappa shape index (κ1) is 22.6. The molecule has 2 aromatic carbocycles. The molecule has 2 heterocycles. The number of benzene rings is 2. The Kier molecular flexibility index (Phi) is 7.10. The van der Waals surface area contributed by atoms with Crippen molar-refractivity contribution in [2.45, 2.75) is 32.5 Å². The molecule has 4 rings (SSSR count). The number of aromatic nitrogens is 2. The van der Waals surface area contributed by atoms with Crippen molar-refractivity contribution in [2.75, 3.05) is 18.0 Å². The highest BCUT2D eigenvalue weighted by Gasteiger charge is 2.33. The third-order valence-electron chi connectivity index (χ3n) is 5.78. The molecule has 1 amide bonds. The Morgan fingerprint density at radius 2 is 2.00 bits per heavy atom. The first-order valence-corrected chi connectivity index (χ1v) is 11.1. The molecule has 1 aromatic heterocycles. The molecule has 1 saturated heterocycles. The van der Waals surface area contributed by atoms with Crippen molar-refractivity contribution < 1.29 is 4.79 Å². The Morgan fingerprint density at radius 3 is 2.73 bits per heavy atom. The van der Waals surface area contributed by atoms with Crippen LogP contribution in [-0.2, 0) is 17.9 Å². The largest absolute Gasteiger partial charge is 0.329 e. The van der Waals surface area contributed by atoms with Gasteiger partial charge in [-0.25, -0.2) is 4.98 Å². The van der Waals surface area contributed by atoms with E-state index in [4.69, 9.17) is 16.9 Å². The number of hydrogen-bond acceptors (Lipinski definition) is 4. The summed E-state index contributed by atoms with van der Waals surface area (Å²) in [6.45, 7) is 3.93. The second-order valence-electron chi connectivity index (χ2n) is 8.00. The molecule has 0 spiro atoms. The Morgan fingerprint density at radius 1 is 1.18 bits per heavy atom. The van der Waals surface area contributed by atoms with Gasteiger partial charge >= 0.3 is 0 Å². The predicted molar refractivity (Wildman–Crippen MR) is 129 cm³/mol. The fraction of sp³-hybridized carbons (Fsp3) is 0.269. The highest BCUT2D eigenvalue weighted by Crippen LogP contribution is 2.25. The summed E-state index contributed by atoms with van der Waals surface area (Å²) in [6, 6.07) is 17.2. The summed E-state index contributed by atoms with van der Waals surface area (Å²) in [5, 5.41) is 9.62. The minimum atomic E-state index is 0.0381. The smallest absolute Gasteiger partial charge is 0.241 e. The van der Waals surface area contributed by atoms with E-state index in [0.717, 1.165) is 16.9 Å². The lowest BCUT2D eigenvalue weighted by Crippen LogP contribution is -2.56. The molecule has 1 fully saturated rings. The van der Waals surface area contributed by atoms with Gasteiger partial charge in [0.2, 0.25) is 5.91 Å². The lowest BCUT2D eigenvalue weighted by molar-refractivity contribution is -0.122. The summed E-state index contributed by atoms with van der Waals surface area (Å²) >= 11 is 6.16.